The summed E-state index contributed by atoms with van der Waals surface area (Å²) in [6, 6.07) is 0. The average molecular weight is 265 g/mol. The van der Waals surface area contributed by atoms with Gasteiger partial charge in [0.2, 0.25) is 0 Å². The zero-order chi connectivity index (χ0) is 14.5. The Morgan fingerprint density at radius 2 is 2.05 bits per heavy atom. The number of nitrogens with zero attached hydrogens (tertiary/aromatic N) is 1. The quantitative estimate of drug-likeness (QED) is 0.248. The third-order valence-electron chi connectivity index (χ3n) is 2.75. The Hall–Kier alpha value is -1.35. The minimum Gasteiger partial charge on any atom is -0.461 e. The van der Waals surface area contributed by atoms with Gasteiger partial charge in [0.05, 0.1) is 0 Å². The second-order valence-electron chi connectivity index (χ2n) is 4.50. The average Bonchev–Trinajstić information content (AvgIpc) is 2.40. The molecule has 0 heterocycles. The van der Waals surface area contributed by atoms with Gasteiger partial charge in [0.1, 0.15) is 6.61 Å². The Morgan fingerprint density at radius 1 is 1.32 bits per heavy atom. The van der Waals surface area contributed by atoms with Crippen LogP contribution >= 0.6 is 0 Å². The number of hydrogen-bond donors (Lipinski definition) is 0. The van der Waals surface area contributed by atoms with Crippen molar-refractivity contribution in [3.63, 3.8) is 0 Å². The van der Waals surface area contributed by atoms with Gasteiger partial charge in [-0.3, -0.25) is 4.90 Å². The van der Waals surface area contributed by atoms with Crippen molar-refractivity contribution in [2.24, 2.45) is 0 Å². The number of unbranched alkanes of at least 4 members (excludes halogenated alkanes) is 2. The maximum atomic E-state index is 11.2. The van der Waals surface area contributed by atoms with Gasteiger partial charge >= 0.3 is 5.97 Å². The monoisotopic (exact) mass is 265 g/mol. The summed E-state index contributed by atoms with van der Waals surface area (Å²) >= 11 is 0. The van der Waals surface area contributed by atoms with Crippen LogP contribution in [0.15, 0.2) is 37.0 Å². The summed E-state index contributed by atoms with van der Waals surface area (Å²) in [5.74, 6) is -0.309. The van der Waals surface area contributed by atoms with Gasteiger partial charge in [-0.1, -0.05) is 31.7 Å². The van der Waals surface area contributed by atoms with E-state index in [1.54, 1.807) is 6.92 Å². The molecule has 0 saturated carbocycles. The molecular weight excluding hydrogens is 238 g/mol. The zero-order valence-corrected chi connectivity index (χ0v) is 12.4. The molecule has 0 amide bonds. The van der Waals surface area contributed by atoms with Crippen molar-refractivity contribution in [2.45, 2.75) is 33.1 Å². The van der Waals surface area contributed by atoms with Gasteiger partial charge in [-0.15, -0.1) is 6.58 Å². The van der Waals surface area contributed by atoms with Crippen molar-refractivity contribution in [3.8, 4) is 0 Å². The molecule has 0 aromatic rings. The molecule has 0 N–H and O–H groups in total. The van der Waals surface area contributed by atoms with Crippen LogP contribution in [-0.2, 0) is 9.53 Å². The fourth-order valence-electron chi connectivity index (χ4n) is 1.49. The Morgan fingerprint density at radius 3 is 2.63 bits per heavy atom. The number of allylic oxidation sites excluding steroid dienone is 2. The number of carbonyl (C=O) groups is 1. The van der Waals surface area contributed by atoms with Gasteiger partial charge in [-0.25, -0.2) is 4.79 Å². The van der Waals surface area contributed by atoms with Crippen LogP contribution in [0.25, 0.3) is 0 Å². The molecular formula is C16H27NO2. The molecule has 0 unspecified atom stereocenters. The predicted octanol–water partition coefficient (Wildman–Crippen LogP) is 3.34. The number of esters is 1. The van der Waals surface area contributed by atoms with Crippen molar-refractivity contribution in [1.29, 1.82) is 0 Å². The molecule has 0 atom stereocenters. The topological polar surface area (TPSA) is 29.5 Å². The number of ether oxygens (including phenoxy) is 1. The minimum atomic E-state index is -0.309. The highest BCUT2D eigenvalue weighted by Crippen LogP contribution is 1.98. The normalized spacial score (nSPS) is 10.9. The molecule has 0 radical (unpaired) electrons. The molecule has 108 valence electrons. The molecule has 0 bridgehead atoms. The van der Waals surface area contributed by atoms with Gasteiger partial charge in [0, 0.05) is 18.7 Å². The first-order chi connectivity index (χ1) is 9.11. The lowest BCUT2D eigenvalue weighted by atomic mass is 10.2. The summed E-state index contributed by atoms with van der Waals surface area (Å²) in [7, 11) is 0. The minimum absolute atomic E-state index is 0.309. The summed E-state index contributed by atoms with van der Waals surface area (Å²) in [5, 5.41) is 0. The number of likely N-dealkylation sites (N-methyl/N-ethyl adjacent to an activating group) is 1. The second-order valence-corrected chi connectivity index (χ2v) is 4.50. The molecule has 0 fully saturated rings. The van der Waals surface area contributed by atoms with Crippen molar-refractivity contribution >= 4 is 5.97 Å². The SMILES string of the molecule is C=CCCCC=CCN(CC)CCOC(=O)C(=C)C. The lowest BCUT2D eigenvalue weighted by molar-refractivity contribution is -0.139. The first-order valence-electron chi connectivity index (χ1n) is 6.92. The van der Waals surface area contributed by atoms with Crippen LogP contribution in [-0.4, -0.2) is 37.1 Å². The maximum Gasteiger partial charge on any atom is 0.333 e. The van der Waals surface area contributed by atoms with E-state index in [2.05, 4.69) is 37.1 Å². The van der Waals surface area contributed by atoms with Gasteiger partial charge < -0.3 is 4.74 Å². The van der Waals surface area contributed by atoms with Crippen LogP contribution in [0.5, 0.6) is 0 Å². The number of carbonyl (C=O) groups excluding carboxylic acids is 1. The third-order valence-corrected chi connectivity index (χ3v) is 2.75. The molecule has 19 heavy (non-hydrogen) atoms. The third kappa shape index (κ3) is 10.3. The standard InChI is InChI=1S/C16H27NO2/c1-5-7-8-9-10-11-12-17(6-2)13-14-19-16(18)15(3)4/h5,10-11H,1,3,6-9,12-14H2,2,4H3. The van der Waals surface area contributed by atoms with Gasteiger partial charge in [-0.05, 0) is 32.7 Å². The summed E-state index contributed by atoms with van der Waals surface area (Å²) in [6.07, 6.45) is 9.64. The predicted molar refractivity (Wildman–Crippen MR) is 81.1 cm³/mol. The molecule has 0 aliphatic heterocycles. The molecule has 0 aliphatic carbocycles. The summed E-state index contributed by atoms with van der Waals surface area (Å²) < 4.78 is 5.08. The zero-order valence-electron chi connectivity index (χ0n) is 12.4. The van der Waals surface area contributed by atoms with Crippen molar-refractivity contribution < 1.29 is 9.53 Å². The number of rotatable bonds is 11. The van der Waals surface area contributed by atoms with Crippen molar-refractivity contribution in [1.82, 2.24) is 4.90 Å². The number of hydrogen-bond acceptors (Lipinski definition) is 3. The highest BCUT2D eigenvalue weighted by molar-refractivity contribution is 5.86. The maximum absolute atomic E-state index is 11.2. The van der Waals surface area contributed by atoms with Crippen LogP contribution in [0.4, 0.5) is 0 Å². The van der Waals surface area contributed by atoms with Crippen LogP contribution in [0, 0.1) is 0 Å². The van der Waals surface area contributed by atoms with Crippen LogP contribution in [0.2, 0.25) is 0 Å². The van der Waals surface area contributed by atoms with Gasteiger partial charge in [0.15, 0.2) is 0 Å². The van der Waals surface area contributed by atoms with Crippen molar-refractivity contribution in [3.05, 3.63) is 37.0 Å². The lowest BCUT2D eigenvalue weighted by Crippen LogP contribution is -2.28. The van der Waals surface area contributed by atoms with Gasteiger partial charge in [-0.2, -0.15) is 0 Å². The first kappa shape index (κ1) is 17.6. The molecule has 0 spiro atoms. The molecule has 0 aromatic carbocycles. The Bertz CT molecular complexity index is 308. The van der Waals surface area contributed by atoms with E-state index in [1.165, 1.54) is 0 Å². The molecule has 0 saturated heterocycles. The smallest absolute Gasteiger partial charge is 0.333 e. The van der Waals surface area contributed by atoms with Gasteiger partial charge in [0.25, 0.3) is 0 Å². The highest BCUT2D eigenvalue weighted by Gasteiger charge is 2.04. The van der Waals surface area contributed by atoms with E-state index in [4.69, 9.17) is 4.74 Å². The molecule has 3 nitrogen and oxygen atoms in total. The largest absolute Gasteiger partial charge is 0.461 e. The highest BCUT2D eigenvalue weighted by atomic mass is 16.5. The van der Waals surface area contributed by atoms with E-state index in [0.717, 1.165) is 38.9 Å². The van der Waals surface area contributed by atoms with E-state index in [0.29, 0.717) is 12.2 Å². The fraction of sp³-hybridized carbons (Fsp3) is 0.562. The summed E-state index contributed by atoms with van der Waals surface area (Å²) in [5.41, 5.74) is 0.449. The van der Waals surface area contributed by atoms with Crippen LogP contribution in [0.1, 0.15) is 33.1 Å². The molecule has 0 aliphatic rings. The second kappa shape index (κ2) is 11.7. The van der Waals surface area contributed by atoms with E-state index in [9.17, 15) is 4.79 Å². The van der Waals surface area contributed by atoms with E-state index < -0.39 is 0 Å². The summed E-state index contributed by atoms with van der Waals surface area (Å²) in [6.45, 7) is 14.0. The van der Waals surface area contributed by atoms with E-state index >= 15 is 0 Å². The lowest BCUT2D eigenvalue weighted by Gasteiger charge is -2.18. The van der Waals surface area contributed by atoms with Crippen molar-refractivity contribution in [2.75, 3.05) is 26.2 Å². The fourth-order valence-corrected chi connectivity index (χ4v) is 1.49. The van der Waals surface area contributed by atoms with E-state index in [-0.39, 0.29) is 5.97 Å². The Kier molecular flexibility index (Phi) is 10.9. The van der Waals surface area contributed by atoms with E-state index in [1.807, 2.05) is 6.08 Å². The molecule has 3 heteroatoms. The Balaban J connectivity index is 3.73. The van der Waals surface area contributed by atoms with Crippen LogP contribution in [0.3, 0.4) is 0 Å². The van der Waals surface area contributed by atoms with Crippen LogP contribution < -0.4 is 0 Å². The molecule has 0 aromatic heterocycles. The molecule has 0 rings (SSSR count). The summed E-state index contributed by atoms with van der Waals surface area (Å²) in [4.78, 5) is 13.4. The Labute approximate surface area is 117 Å². The first-order valence-corrected chi connectivity index (χ1v) is 6.92.